The number of anilines is 1. The predicted molar refractivity (Wildman–Crippen MR) is 86.6 cm³/mol. The zero-order valence-corrected chi connectivity index (χ0v) is 14.1. The lowest BCUT2D eigenvalue weighted by molar-refractivity contribution is 0.600. The molecule has 2 rings (SSSR count). The molecule has 21 heavy (non-hydrogen) atoms. The Balaban J connectivity index is 2.47. The minimum absolute atomic E-state index is 0.159. The van der Waals surface area contributed by atoms with Crippen LogP contribution in [0.2, 0.25) is 0 Å². The fourth-order valence-electron chi connectivity index (χ4n) is 1.92. The van der Waals surface area contributed by atoms with Crippen molar-refractivity contribution in [3.8, 4) is 0 Å². The van der Waals surface area contributed by atoms with Gasteiger partial charge in [0.05, 0.1) is 0 Å². The standard InChI is InChI=1S/C14H16BrN3O2S/c1-9-6-11(8-16)7-12(14(9)15)21(19,20)18-13-5-3-4-10(2)17-13/h3-7H,8,16H2,1-2H3,(H,17,18). The highest BCUT2D eigenvalue weighted by Crippen LogP contribution is 2.28. The van der Waals surface area contributed by atoms with Crippen molar-refractivity contribution in [1.82, 2.24) is 4.98 Å². The number of benzene rings is 1. The number of hydrogen-bond acceptors (Lipinski definition) is 4. The van der Waals surface area contributed by atoms with E-state index in [1.807, 2.05) is 13.0 Å². The Labute approximate surface area is 132 Å². The summed E-state index contributed by atoms with van der Waals surface area (Å²) in [6.07, 6.45) is 0. The Kier molecular flexibility index (Phi) is 4.65. The normalized spacial score (nSPS) is 11.4. The summed E-state index contributed by atoms with van der Waals surface area (Å²) in [7, 11) is -3.73. The highest BCUT2D eigenvalue weighted by molar-refractivity contribution is 9.10. The van der Waals surface area contributed by atoms with Gasteiger partial charge in [-0.2, -0.15) is 0 Å². The summed E-state index contributed by atoms with van der Waals surface area (Å²) < 4.78 is 28.1. The van der Waals surface area contributed by atoms with E-state index in [4.69, 9.17) is 5.73 Å². The fraction of sp³-hybridized carbons (Fsp3) is 0.214. The second kappa shape index (κ2) is 6.13. The molecule has 0 saturated heterocycles. The van der Waals surface area contributed by atoms with Crippen LogP contribution in [0.4, 0.5) is 5.82 Å². The van der Waals surface area contributed by atoms with Crippen LogP contribution < -0.4 is 10.5 Å². The van der Waals surface area contributed by atoms with Crippen LogP contribution in [0.5, 0.6) is 0 Å². The van der Waals surface area contributed by atoms with Crippen LogP contribution in [0.25, 0.3) is 0 Å². The zero-order valence-electron chi connectivity index (χ0n) is 11.7. The third-order valence-corrected chi connectivity index (χ3v) is 5.63. The largest absolute Gasteiger partial charge is 0.326 e. The maximum absolute atomic E-state index is 12.5. The summed E-state index contributed by atoms with van der Waals surface area (Å²) in [6.45, 7) is 3.90. The summed E-state index contributed by atoms with van der Waals surface area (Å²) in [5, 5.41) is 0. The van der Waals surface area contributed by atoms with Crippen molar-refractivity contribution in [1.29, 1.82) is 0 Å². The molecule has 5 nitrogen and oxygen atoms in total. The Bertz CT molecular complexity index is 776. The molecule has 1 aromatic heterocycles. The summed E-state index contributed by atoms with van der Waals surface area (Å²) in [5.74, 6) is 0.290. The molecule has 0 saturated carbocycles. The van der Waals surface area contributed by atoms with Gasteiger partial charge in [-0.1, -0.05) is 12.1 Å². The third-order valence-electron chi connectivity index (χ3n) is 2.93. The van der Waals surface area contributed by atoms with Gasteiger partial charge in [0.15, 0.2) is 0 Å². The maximum Gasteiger partial charge on any atom is 0.264 e. The molecule has 1 heterocycles. The van der Waals surface area contributed by atoms with E-state index < -0.39 is 10.0 Å². The smallest absolute Gasteiger partial charge is 0.264 e. The lowest BCUT2D eigenvalue weighted by Crippen LogP contribution is -2.16. The summed E-state index contributed by atoms with van der Waals surface area (Å²) in [4.78, 5) is 4.31. The lowest BCUT2D eigenvalue weighted by Gasteiger charge is -2.12. The number of rotatable bonds is 4. The molecule has 0 aliphatic carbocycles. The van der Waals surface area contributed by atoms with Crippen molar-refractivity contribution in [2.45, 2.75) is 25.3 Å². The molecular weight excluding hydrogens is 354 g/mol. The molecule has 3 N–H and O–H groups in total. The van der Waals surface area contributed by atoms with Crippen molar-refractivity contribution >= 4 is 31.8 Å². The maximum atomic E-state index is 12.5. The molecule has 0 aliphatic heterocycles. The van der Waals surface area contributed by atoms with E-state index in [1.165, 1.54) is 0 Å². The molecule has 0 spiro atoms. The summed E-state index contributed by atoms with van der Waals surface area (Å²) in [6, 6.07) is 8.57. The molecule has 1 aromatic carbocycles. The monoisotopic (exact) mass is 369 g/mol. The molecule has 0 unspecified atom stereocenters. The molecular formula is C14H16BrN3O2S. The highest BCUT2D eigenvalue weighted by atomic mass is 79.9. The highest BCUT2D eigenvalue weighted by Gasteiger charge is 2.20. The van der Waals surface area contributed by atoms with E-state index in [0.29, 0.717) is 4.47 Å². The number of nitrogens with one attached hydrogen (secondary N) is 1. The predicted octanol–water partition coefficient (Wildman–Crippen LogP) is 2.72. The van der Waals surface area contributed by atoms with Gasteiger partial charge >= 0.3 is 0 Å². The minimum Gasteiger partial charge on any atom is -0.326 e. The van der Waals surface area contributed by atoms with Crippen LogP contribution >= 0.6 is 15.9 Å². The van der Waals surface area contributed by atoms with E-state index in [2.05, 4.69) is 25.6 Å². The topological polar surface area (TPSA) is 85.1 Å². The Morgan fingerprint density at radius 1 is 1.29 bits per heavy atom. The van der Waals surface area contributed by atoms with Gasteiger partial charge in [0.2, 0.25) is 0 Å². The van der Waals surface area contributed by atoms with Gasteiger partial charge in [-0.25, -0.2) is 13.4 Å². The zero-order chi connectivity index (χ0) is 15.6. The van der Waals surface area contributed by atoms with E-state index in [9.17, 15) is 8.42 Å². The first kappa shape index (κ1) is 15.9. The van der Waals surface area contributed by atoms with E-state index >= 15 is 0 Å². The van der Waals surface area contributed by atoms with E-state index in [0.717, 1.165) is 16.8 Å². The number of nitrogens with two attached hydrogens (primary N) is 1. The quantitative estimate of drug-likeness (QED) is 0.867. The second-order valence-electron chi connectivity index (χ2n) is 4.70. The first-order valence-corrected chi connectivity index (χ1v) is 8.56. The molecule has 0 aliphatic rings. The van der Waals surface area contributed by atoms with Crippen molar-refractivity contribution in [3.05, 3.63) is 51.6 Å². The molecule has 112 valence electrons. The van der Waals surface area contributed by atoms with E-state index in [-0.39, 0.29) is 17.3 Å². The van der Waals surface area contributed by atoms with Crippen molar-refractivity contribution in [2.75, 3.05) is 4.72 Å². The average molecular weight is 370 g/mol. The Morgan fingerprint density at radius 3 is 2.62 bits per heavy atom. The number of sulfonamides is 1. The number of nitrogens with zero attached hydrogens (tertiary/aromatic N) is 1. The average Bonchev–Trinajstić information content (AvgIpc) is 2.41. The van der Waals surface area contributed by atoms with Gasteiger partial charge in [-0.05, 0) is 59.1 Å². The number of aromatic nitrogens is 1. The molecule has 2 aromatic rings. The van der Waals surface area contributed by atoms with Crippen LogP contribution in [-0.2, 0) is 16.6 Å². The van der Waals surface area contributed by atoms with Crippen LogP contribution in [0.1, 0.15) is 16.8 Å². The molecule has 7 heteroatoms. The molecule has 0 fully saturated rings. The van der Waals surface area contributed by atoms with Gasteiger partial charge in [0.25, 0.3) is 10.0 Å². The second-order valence-corrected chi connectivity index (χ2v) is 7.14. The van der Waals surface area contributed by atoms with Gasteiger partial charge in [-0.15, -0.1) is 0 Å². The minimum atomic E-state index is -3.73. The number of hydrogen-bond donors (Lipinski definition) is 2. The van der Waals surface area contributed by atoms with Crippen molar-refractivity contribution in [2.24, 2.45) is 5.73 Å². The Hall–Kier alpha value is -1.44. The molecule has 0 amide bonds. The summed E-state index contributed by atoms with van der Waals surface area (Å²) >= 11 is 3.33. The first-order chi connectivity index (χ1) is 9.83. The lowest BCUT2D eigenvalue weighted by atomic mass is 10.1. The van der Waals surface area contributed by atoms with Gasteiger partial charge in [0, 0.05) is 16.7 Å². The number of aryl methyl sites for hydroxylation is 2. The van der Waals surface area contributed by atoms with Crippen LogP contribution in [0.3, 0.4) is 0 Å². The van der Waals surface area contributed by atoms with Crippen molar-refractivity contribution < 1.29 is 8.42 Å². The van der Waals surface area contributed by atoms with Gasteiger partial charge < -0.3 is 5.73 Å². The van der Waals surface area contributed by atoms with Crippen LogP contribution in [0.15, 0.2) is 39.7 Å². The van der Waals surface area contributed by atoms with Gasteiger partial charge in [0.1, 0.15) is 10.7 Å². The van der Waals surface area contributed by atoms with Crippen molar-refractivity contribution in [3.63, 3.8) is 0 Å². The molecule has 0 bridgehead atoms. The molecule has 0 atom stereocenters. The Morgan fingerprint density at radius 2 is 2.00 bits per heavy atom. The fourth-order valence-corrected chi connectivity index (χ4v) is 3.99. The third kappa shape index (κ3) is 3.61. The number of pyridine rings is 1. The number of halogens is 1. The van der Waals surface area contributed by atoms with Gasteiger partial charge in [-0.3, -0.25) is 4.72 Å². The first-order valence-electron chi connectivity index (χ1n) is 6.29. The molecule has 0 radical (unpaired) electrons. The van der Waals surface area contributed by atoms with Crippen LogP contribution in [-0.4, -0.2) is 13.4 Å². The van der Waals surface area contributed by atoms with E-state index in [1.54, 1.807) is 31.2 Å². The SMILES string of the molecule is Cc1cccc(NS(=O)(=O)c2cc(CN)cc(C)c2Br)n1. The summed E-state index contributed by atoms with van der Waals surface area (Å²) in [5.41, 5.74) is 7.92. The van der Waals surface area contributed by atoms with Crippen LogP contribution in [0, 0.1) is 13.8 Å².